The van der Waals surface area contributed by atoms with Gasteiger partial charge in [-0.05, 0) is 37.3 Å². The molecule has 0 saturated heterocycles. The van der Waals surface area contributed by atoms with E-state index in [4.69, 9.17) is 0 Å². The molecule has 0 spiro atoms. The van der Waals surface area contributed by atoms with E-state index in [0.29, 0.717) is 0 Å². The summed E-state index contributed by atoms with van der Waals surface area (Å²) in [5.74, 6) is -0.0107. The molecule has 20 heavy (non-hydrogen) atoms. The second kappa shape index (κ2) is 5.96. The average molecular weight is 276 g/mol. The fourth-order valence-corrected chi connectivity index (χ4v) is 2.05. The molecule has 0 unspecified atom stereocenters. The molecular weight excluding hydrogens is 248 g/mol. The first-order chi connectivity index (χ1) is 9.04. The van der Waals surface area contributed by atoms with Gasteiger partial charge in [0.2, 0.25) is 5.91 Å². The number of hydrogen-bond donors (Lipinski definition) is 2. The van der Waals surface area contributed by atoms with Gasteiger partial charge in [-0.2, -0.15) is 0 Å². The lowest BCUT2D eigenvalue weighted by molar-refractivity contribution is -0.123. The van der Waals surface area contributed by atoms with Gasteiger partial charge in [0, 0.05) is 12.6 Å². The minimum atomic E-state index is -0.325. The SMILES string of the molecule is CNC(=O)[C@H](NC(C)(C)C)c1ccc(C(C)(C)C)cc1. The number of benzene rings is 1. The van der Waals surface area contributed by atoms with E-state index in [-0.39, 0.29) is 22.9 Å². The number of carbonyl (C=O) groups excluding carboxylic acids is 1. The zero-order valence-corrected chi connectivity index (χ0v) is 13.8. The van der Waals surface area contributed by atoms with Crippen molar-refractivity contribution in [1.29, 1.82) is 0 Å². The topological polar surface area (TPSA) is 41.1 Å². The van der Waals surface area contributed by atoms with Crippen LogP contribution < -0.4 is 10.6 Å². The van der Waals surface area contributed by atoms with Gasteiger partial charge in [0.15, 0.2) is 0 Å². The molecule has 0 aliphatic heterocycles. The van der Waals surface area contributed by atoms with Gasteiger partial charge in [0.05, 0.1) is 0 Å². The summed E-state index contributed by atoms with van der Waals surface area (Å²) < 4.78 is 0. The van der Waals surface area contributed by atoms with Crippen LogP contribution in [0.1, 0.15) is 58.7 Å². The van der Waals surface area contributed by atoms with Gasteiger partial charge in [0.25, 0.3) is 0 Å². The van der Waals surface area contributed by atoms with Crippen LogP contribution in [0.15, 0.2) is 24.3 Å². The third-order valence-corrected chi connectivity index (χ3v) is 3.20. The van der Waals surface area contributed by atoms with Crippen molar-refractivity contribution in [3.05, 3.63) is 35.4 Å². The molecule has 1 amide bonds. The summed E-state index contributed by atoms with van der Waals surface area (Å²) >= 11 is 0. The van der Waals surface area contributed by atoms with Gasteiger partial charge >= 0.3 is 0 Å². The lowest BCUT2D eigenvalue weighted by Gasteiger charge is -2.28. The largest absolute Gasteiger partial charge is 0.358 e. The average Bonchev–Trinajstić information content (AvgIpc) is 2.33. The predicted molar refractivity (Wildman–Crippen MR) is 84.8 cm³/mol. The summed E-state index contributed by atoms with van der Waals surface area (Å²) in [6.07, 6.45) is 0. The van der Waals surface area contributed by atoms with E-state index in [1.54, 1.807) is 7.05 Å². The highest BCUT2D eigenvalue weighted by Crippen LogP contribution is 2.24. The van der Waals surface area contributed by atoms with Gasteiger partial charge in [-0.3, -0.25) is 10.1 Å². The highest BCUT2D eigenvalue weighted by molar-refractivity contribution is 5.83. The molecule has 0 heterocycles. The summed E-state index contributed by atoms with van der Waals surface area (Å²) in [4.78, 5) is 12.1. The first kappa shape index (κ1) is 16.7. The van der Waals surface area contributed by atoms with Crippen LogP contribution in [-0.2, 0) is 10.2 Å². The number of nitrogens with one attached hydrogen (secondary N) is 2. The molecule has 0 aromatic heterocycles. The Labute approximate surface area is 123 Å². The van der Waals surface area contributed by atoms with Crippen molar-refractivity contribution in [1.82, 2.24) is 10.6 Å². The zero-order chi connectivity index (χ0) is 15.6. The van der Waals surface area contributed by atoms with Crippen LogP contribution in [0.2, 0.25) is 0 Å². The van der Waals surface area contributed by atoms with Crippen molar-refractivity contribution < 1.29 is 4.79 Å². The van der Waals surface area contributed by atoms with Crippen molar-refractivity contribution in [2.45, 2.75) is 58.5 Å². The maximum Gasteiger partial charge on any atom is 0.241 e. The number of amides is 1. The van der Waals surface area contributed by atoms with Crippen LogP contribution in [-0.4, -0.2) is 18.5 Å². The summed E-state index contributed by atoms with van der Waals surface area (Å²) in [5, 5.41) is 6.10. The molecule has 1 rings (SSSR count). The fourth-order valence-electron chi connectivity index (χ4n) is 2.05. The molecule has 0 radical (unpaired) electrons. The molecule has 2 N–H and O–H groups in total. The van der Waals surface area contributed by atoms with Gasteiger partial charge < -0.3 is 5.32 Å². The van der Waals surface area contributed by atoms with Crippen molar-refractivity contribution >= 4 is 5.91 Å². The van der Waals surface area contributed by atoms with E-state index in [9.17, 15) is 4.79 Å². The van der Waals surface area contributed by atoms with E-state index < -0.39 is 0 Å². The number of likely N-dealkylation sites (N-methyl/N-ethyl adjacent to an activating group) is 1. The standard InChI is InChI=1S/C17H28N2O/c1-16(2,3)13-10-8-12(9-11-13)14(15(20)18-7)19-17(4,5)6/h8-11,14,19H,1-7H3,(H,18,20)/t14-/m1/s1. The summed E-state index contributed by atoms with van der Waals surface area (Å²) in [6.45, 7) is 12.7. The van der Waals surface area contributed by atoms with E-state index in [1.807, 2.05) is 12.1 Å². The number of rotatable bonds is 3. The molecule has 1 aromatic carbocycles. The molecule has 0 aliphatic rings. The summed E-state index contributed by atoms with van der Waals surface area (Å²) in [5.41, 5.74) is 2.26. The van der Waals surface area contributed by atoms with Crippen LogP contribution in [0.3, 0.4) is 0 Å². The van der Waals surface area contributed by atoms with Crippen molar-refractivity contribution in [3.63, 3.8) is 0 Å². The third-order valence-electron chi connectivity index (χ3n) is 3.20. The molecular formula is C17H28N2O. The van der Waals surface area contributed by atoms with E-state index in [0.717, 1.165) is 5.56 Å². The minimum Gasteiger partial charge on any atom is -0.358 e. The number of hydrogen-bond acceptors (Lipinski definition) is 2. The van der Waals surface area contributed by atoms with Gasteiger partial charge in [-0.25, -0.2) is 0 Å². The third kappa shape index (κ3) is 4.64. The Bertz CT molecular complexity index is 449. The molecule has 0 fully saturated rings. The monoisotopic (exact) mass is 276 g/mol. The van der Waals surface area contributed by atoms with Crippen molar-refractivity contribution in [2.75, 3.05) is 7.05 Å². The van der Waals surface area contributed by atoms with E-state index in [2.05, 4.69) is 64.3 Å². The number of carbonyl (C=O) groups is 1. The van der Waals surface area contributed by atoms with Crippen LogP contribution in [0.5, 0.6) is 0 Å². The quantitative estimate of drug-likeness (QED) is 0.890. The minimum absolute atomic E-state index is 0.0107. The normalized spacial score (nSPS) is 13.9. The Kier molecular flexibility index (Phi) is 4.98. The van der Waals surface area contributed by atoms with E-state index >= 15 is 0 Å². The smallest absolute Gasteiger partial charge is 0.241 e. The second-order valence-corrected chi connectivity index (χ2v) is 7.31. The lowest BCUT2D eigenvalue weighted by Crippen LogP contribution is -2.45. The Balaban J connectivity index is 3.06. The van der Waals surface area contributed by atoms with Crippen molar-refractivity contribution in [3.8, 4) is 0 Å². The second-order valence-electron chi connectivity index (χ2n) is 7.31. The van der Waals surface area contributed by atoms with Gasteiger partial charge in [0.1, 0.15) is 6.04 Å². The Morgan fingerprint density at radius 2 is 1.50 bits per heavy atom. The Morgan fingerprint density at radius 3 is 1.85 bits per heavy atom. The summed E-state index contributed by atoms with van der Waals surface area (Å²) in [6, 6.07) is 7.97. The molecule has 1 atom stereocenters. The fraction of sp³-hybridized carbons (Fsp3) is 0.588. The Hall–Kier alpha value is -1.35. The van der Waals surface area contributed by atoms with Gasteiger partial charge in [-0.1, -0.05) is 45.0 Å². The molecule has 3 heteroatoms. The first-order valence-corrected chi connectivity index (χ1v) is 7.14. The maximum absolute atomic E-state index is 12.1. The van der Waals surface area contributed by atoms with Crippen LogP contribution >= 0.6 is 0 Å². The van der Waals surface area contributed by atoms with Gasteiger partial charge in [-0.15, -0.1) is 0 Å². The zero-order valence-electron chi connectivity index (χ0n) is 13.8. The predicted octanol–water partition coefficient (Wildman–Crippen LogP) is 3.16. The van der Waals surface area contributed by atoms with Crippen LogP contribution in [0.25, 0.3) is 0 Å². The van der Waals surface area contributed by atoms with Crippen molar-refractivity contribution in [2.24, 2.45) is 0 Å². The molecule has 1 aromatic rings. The molecule has 0 bridgehead atoms. The van der Waals surface area contributed by atoms with Crippen LogP contribution in [0, 0.1) is 0 Å². The van der Waals surface area contributed by atoms with Crippen LogP contribution in [0.4, 0.5) is 0 Å². The highest BCUT2D eigenvalue weighted by atomic mass is 16.2. The highest BCUT2D eigenvalue weighted by Gasteiger charge is 2.25. The lowest BCUT2D eigenvalue weighted by atomic mass is 9.86. The molecule has 112 valence electrons. The first-order valence-electron chi connectivity index (χ1n) is 7.14. The Morgan fingerprint density at radius 1 is 1.00 bits per heavy atom. The summed E-state index contributed by atoms with van der Waals surface area (Å²) in [7, 11) is 1.67. The maximum atomic E-state index is 12.1. The molecule has 3 nitrogen and oxygen atoms in total. The molecule has 0 saturated carbocycles. The van der Waals surface area contributed by atoms with E-state index in [1.165, 1.54) is 5.56 Å². The molecule has 0 aliphatic carbocycles.